The van der Waals surface area contributed by atoms with Gasteiger partial charge in [-0.15, -0.1) is 0 Å². The Balaban J connectivity index is 2.08. The van der Waals surface area contributed by atoms with Crippen molar-refractivity contribution in [3.63, 3.8) is 0 Å². The number of methoxy groups -OCH3 is 1. The lowest BCUT2D eigenvalue weighted by Crippen LogP contribution is -2.36. The number of nitrogen functional groups attached to an aromatic ring is 1. The van der Waals surface area contributed by atoms with Crippen LogP contribution in [0, 0.1) is 0 Å². The molecule has 1 aromatic rings. The van der Waals surface area contributed by atoms with Crippen molar-refractivity contribution in [1.82, 2.24) is 4.90 Å². The molecule has 0 amide bonds. The second-order valence-electron chi connectivity index (χ2n) is 4.35. The summed E-state index contributed by atoms with van der Waals surface area (Å²) in [6.07, 6.45) is 1.91. The number of likely N-dealkylation sites (tertiary alicyclic amines) is 1. The molecule has 1 aliphatic heterocycles. The van der Waals surface area contributed by atoms with Crippen molar-refractivity contribution in [3.8, 4) is 0 Å². The molecule has 4 heteroatoms. The minimum absolute atomic E-state index is 0.111. The van der Waals surface area contributed by atoms with Gasteiger partial charge in [-0.05, 0) is 31.0 Å². The number of nitrogens with two attached hydrogens (primary N) is 1. The maximum atomic E-state index is 11.6. The van der Waals surface area contributed by atoms with Crippen molar-refractivity contribution in [1.29, 1.82) is 0 Å². The molecule has 4 nitrogen and oxygen atoms in total. The van der Waals surface area contributed by atoms with E-state index in [1.807, 2.05) is 24.3 Å². The summed E-state index contributed by atoms with van der Waals surface area (Å²) in [5.41, 5.74) is 7.76. The molecule has 1 aliphatic rings. The number of esters is 1. The smallest absolute Gasteiger partial charge is 0.323 e. The quantitative estimate of drug-likeness (QED) is 0.634. The minimum Gasteiger partial charge on any atom is -0.468 e. The lowest BCUT2D eigenvalue weighted by atomic mass is 10.1. The molecule has 2 rings (SSSR count). The average molecular weight is 234 g/mol. The molecule has 1 fully saturated rings. The lowest BCUT2D eigenvalue weighted by molar-refractivity contribution is -0.146. The zero-order chi connectivity index (χ0) is 12.3. The third-order valence-electron chi connectivity index (χ3n) is 3.27. The monoisotopic (exact) mass is 234 g/mol. The zero-order valence-electron chi connectivity index (χ0n) is 10.1. The van der Waals surface area contributed by atoms with Crippen LogP contribution in [0.2, 0.25) is 0 Å². The van der Waals surface area contributed by atoms with Crippen molar-refractivity contribution < 1.29 is 9.53 Å². The molecule has 1 heterocycles. The molecule has 0 bridgehead atoms. The fourth-order valence-electron chi connectivity index (χ4n) is 2.32. The van der Waals surface area contributed by atoms with Crippen molar-refractivity contribution >= 4 is 11.7 Å². The lowest BCUT2D eigenvalue weighted by Gasteiger charge is -2.22. The summed E-state index contributed by atoms with van der Waals surface area (Å²) in [7, 11) is 1.44. The summed E-state index contributed by atoms with van der Waals surface area (Å²) in [4.78, 5) is 13.7. The minimum atomic E-state index is -0.142. The van der Waals surface area contributed by atoms with Gasteiger partial charge < -0.3 is 10.5 Å². The summed E-state index contributed by atoms with van der Waals surface area (Å²) < 4.78 is 4.82. The number of ether oxygens (including phenoxy) is 1. The maximum absolute atomic E-state index is 11.6. The van der Waals surface area contributed by atoms with Crippen molar-refractivity contribution in [2.75, 3.05) is 19.4 Å². The first kappa shape index (κ1) is 11.9. The Hall–Kier alpha value is -1.55. The third kappa shape index (κ3) is 2.58. The van der Waals surface area contributed by atoms with Crippen LogP contribution in [0.25, 0.3) is 0 Å². The Morgan fingerprint density at radius 2 is 2.29 bits per heavy atom. The molecule has 0 spiro atoms. The molecular weight excluding hydrogens is 216 g/mol. The van der Waals surface area contributed by atoms with E-state index in [1.165, 1.54) is 7.11 Å². The van der Waals surface area contributed by atoms with Gasteiger partial charge in [0.05, 0.1) is 7.11 Å². The van der Waals surface area contributed by atoms with Gasteiger partial charge in [-0.2, -0.15) is 0 Å². The molecule has 1 aromatic carbocycles. The Labute approximate surface area is 101 Å². The van der Waals surface area contributed by atoms with Gasteiger partial charge in [0.15, 0.2) is 0 Å². The summed E-state index contributed by atoms with van der Waals surface area (Å²) >= 11 is 0. The first-order valence-corrected chi connectivity index (χ1v) is 5.87. The summed E-state index contributed by atoms with van der Waals surface area (Å²) in [5.74, 6) is -0.142. The molecular formula is C13H18N2O2. The number of anilines is 1. The first-order chi connectivity index (χ1) is 8.22. The normalized spacial score (nSPS) is 20.4. The van der Waals surface area contributed by atoms with Crippen LogP contribution < -0.4 is 5.73 Å². The van der Waals surface area contributed by atoms with Crippen LogP contribution in [0.1, 0.15) is 18.4 Å². The van der Waals surface area contributed by atoms with Crippen LogP contribution >= 0.6 is 0 Å². The molecule has 0 aliphatic carbocycles. The second-order valence-corrected chi connectivity index (χ2v) is 4.35. The van der Waals surface area contributed by atoms with E-state index in [4.69, 9.17) is 10.5 Å². The van der Waals surface area contributed by atoms with E-state index in [-0.39, 0.29) is 12.0 Å². The molecule has 1 atom stereocenters. The highest BCUT2D eigenvalue weighted by atomic mass is 16.5. The SMILES string of the molecule is COC(=O)C1CCCN1Cc1ccccc1N. The second kappa shape index (κ2) is 5.19. The highest BCUT2D eigenvalue weighted by Crippen LogP contribution is 2.23. The topological polar surface area (TPSA) is 55.6 Å². The van der Waals surface area contributed by atoms with Crippen LogP contribution in [0.4, 0.5) is 5.69 Å². The number of rotatable bonds is 3. The molecule has 92 valence electrons. The standard InChI is InChI=1S/C13H18N2O2/c1-17-13(16)12-7-4-8-15(12)9-10-5-2-3-6-11(10)14/h2-3,5-6,12H,4,7-9,14H2,1H3. The van der Waals surface area contributed by atoms with E-state index in [1.54, 1.807) is 0 Å². The molecule has 1 unspecified atom stereocenters. The van der Waals surface area contributed by atoms with Gasteiger partial charge in [0, 0.05) is 12.2 Å². The molecule has 17 heavy (non-hydrogen) atoms. The van der Waals surface area contributed by atoms with Gasteiger partial charge in [0.1, 0.15) is 6.04 Å². The van der Waals surface area contributed by atoms with Gasteiger partial charge in [0.25, 0.3) is 0 Å². The van der Waals surface area contributed by atoms with E-state index < -0.39 is 0 Å². The van der Waals surface area contributed by atoms with Crippen LogP contribution in [-0.4, -0.2) is 30.6 Å². The number of carbonyl (C=O) groups is 1. The fraction of sp³-hybridized carbons (Fsp3) is 0.462. The highest BCUT2D eigenvalue weighted by molar-refractivity contribution is 5.76. The predicted molar refractivity (Wildman–Crippen MR) is 66.3 cm³/mol. The number of hydrogen-bond acceptors (Lipinski definition) is 4. The Kier molecular flexibility index (Phi) is 3.64. The Morgan fingerprint density at radius 3 is 3.00 bits per heavy atom. The Bertz CT molecular complexity index is 406. The van der Waals surface area contributed by atoms with E-state index in [9.17, 15) is 4.79 Å². The molecule has 1 saturated heterocycles. The molecule has 0 radical (unpaired) electrons. The number of carbonyl (C=O) groups excluding carboxylic acids is 1. The number of hydrogen-bond donors (Lipinski definition) is 1. The zero-order valence-corrected chi connectivity index (χ0v) is 10.1. The van der Waals surface area contributed by atoms with Gasteiger partial charge in [0.2, 0.25) is 0 Å². The van der Waals surface area contributed by atoms with Crippen LogP contribution in [0.5, 0.6) is 0 Å². The highest BCUT2D eigenvalue weighted by Gasteiger charge is 2.31. The third-order valence-corrected chi connectivity index (χ3v) is 3.27. The number of para-hydroxylation sites is 1. The number of benzene rings is 1. The maximum Gasteiger partial charge on any atom is 0.323 e. The van der Waals surface area contributed by atoms with E-state index in [0.29, 0.717) is 6.54 Å². The summed E-state index contributed by atoms with van der Waals surface area (Å²) in [6, 6.07) is 7.66. The average Bonchev–Trinajstić information content (AvgIpc) is 2.79. The fourth-order valence-corrected chi connectivity index (χ4v) is 2.32. The van der Waals surface area contributed by atoms with Gasteiger partial charge in [-0.1, -0.05) is 18.2 Å². The largest absolute Gasteiger partial charge is 0.468 e. The molecule has 2 N–H and O–H groups in total. The molecule has 0 aromatic heterocycles. The molecule has 0 saturated carbocycles. The van der Waals surface area contributed by atoms with Gasteiger partial charge in [-0.3, -0.25) is 9.69 Å². The van der Waals surface area contributed by atoms with E-state index in [2.05, 4.69) is 4.90 Å². The van der Waals surface area contributed by atoms with Gasteiger partial charge in [-0.25, -0.2) is 0 Å². The van der Waals surface area contributed by atoms with Crippen LogP contribution in [0.15, 0.2) is 24.3 Å². The Morgan fingerprint density at radius 1 is 1.53 bits per heavy atom. The summed E-state index contributed by atoms with van der Waals surface area (Å²) in [5, 5.41) is 0. The van der Waals surface area contributed by atoms with Crippen LogP contribution in [-0.2, 0) is 16.1 Å². The van der Waals surface area contributed by atoms with Crippen molar-refractivity contribution in [3.05, 3.63) is 29.8 Å². The van der Waals surface area contributed by atoms with Crippen LogP contribution in [0.3, 0.4) is 0 Å². The van der Waals surface area contributed by atoms with E-state index in [0.717, 1.165) is 30.6 Å². The summed E-state index contributed by atoms with van der Waals surface area (Å²) in [6.45, 7) is 1.64. The van der Waals surface area contributed by atoms with Crippen molar-refractivity contribution in [2.45, 2.75) is 25.4 Å². The first-order valence-electron chi connectivity index (χ1n) is 5.87. The van der Waals surface area contributed by atoms with Crippen molar-refractivity contribution in [2.24, 2.45) is 0 Å². The number of nitrogens with zero attached hydrogens (tertiary/aromatic N) is 1. The predicted octanol–water partition coefficient (Wildman–Crippen LogP) is 1.41. The van der Waals surface area contributed by atoms with Gasteiger partial charge >= 0.3 is 5.97 Å². The van der Waals surface area contributed by atoms with E-state index >= 15 is 0 Å².